The van der Waals surface area contributed by atoms with Gasteiger partial charge in [0.1, 0.15) is 30.0 Å². The maximum Gasteiger partial charge on any atom is 0.317 e. The van der Waals surface area contributed by atoms with Gasteiger partial charge in [-0.15, -0.1) is 10.2 Å². The normalized spacial score (nSPS) is 17.6. The number of likely N-dealkylation sites (tertiary alicyclic amines) is 4. The van der Waals surface area contributed by atoms with E-state index in [1.165, 1.54) is 5.56 Å². The van der Waals surface area contributed by atoms with Gasteiger partial charge in [-0.1, -0.05) is 88.4 Å². The molecule has 5 aromatic rings. The van der Waals surface area contributed by atoms with Gasteiger partial charge in [-0.05, 0) is 99.9 Å². The molecular formula is C50H63Cl4N9O6. The molecule has 0 bridgehead atoms. The lowest BCUT2D eigenvalue weighted by molar-refractivity contribution is 0.0425. The summed E-state index contributed by atoms with van der Waals surface area (Å²) in [5, 5.41) is 18.8. The molecule has 3 amide bonds. The number of aryl methyl sites for hydroxylation is 1. The number of tetrazole rings is 1. The molecule has 4 aromatic carbocycles. The van der Waals surface area contributed by atoms with Crippen molar-refractivity contribution < 1.29 is 30.8 Å². The zero-order valence-electron chi connectivity index (χ0n) is 39.0. The zero-order chi connectivity index (χ0) is 48.0. The molecule has 4 aliphatic rings. The topological polar surface area (TPSA) is 181 Å². The first-order valence-corrected chi connectivity index (χ1v) is 24.8. The number of carbonyl (C=O) groups excluding carboxylic acids is 3. The Morgan fingerprint density at radius 2 is 1.13 bits per heavy atom. The van der Waals surface area contributed by atoms with E-state index in [1.54, 1.807) is 31.3 Å². The molecule has 0 unspecified atom stereocenters. The molecule has 0 saturated carbocycles. The number of hydrogen-bond acceptors (Lipinski definition) is 10. The highest BCUT2D eigenvalue weighted by molar-refractivity contribution is 6.42. The van der Waals surface area contributed by atoms with Crippen LogP contribution < -0.4 is 14.8 Å². The SMILES string of the molecule is CNC(=O)N1CCC(N2CCC(Oc3ccc(Cl)c(Cl)c3)CC2)CC1.Cc1ccc(C=O)cc1.O.O=C(c1ccc(-c2nn[nH]n2)cc1)N1CCC(N2CCC(Oc3ccc(Cl)c(Cl)c3)CC2)CC1.[HH]. The van der Waals surface area contributed by atoms with Gasteiger partial charge >= 0.3 is 6.03 Å². The first-order valence-electron chi connectivity index (χ1n) is 23.3. The monoisotopic (exact) mass is 1030 g/mol. The Balaban J connectivity index is 0.000000222. The molecule has 4 fully saturated rings. The van der Waals surface area contributed by atoms with Crippen molar-refractivity contribution in [3.05, 3.63) is 122 Å². The number of aromatic amines is 1. The first kappa shape index (κ1) is 53.4. The van der Waals surface area contributed by atoms with Crippen LogP contribution in [0, 0.1) is 6.92 Å². The number of nitrogens with zero attached hydrogens (tertiary/aromatic N) is 7. The second-order valence-electron chi connectivity index (χ2n) is 17.5. The molecule has 1 aromatic heterocycles. The lowest BCUT2D eigenvalue weighted by Gasteiger charge is -2.41. The van der Waals surface area contributed by atoms with Crippen LogP contribution >= 0.6 is 46.4 Å². The van der Waals surface area contributed by atoms with E-state index in [2.05, 4.69) is 35.7 Å². The van der Waals surface area contributed by atoms with Gasteiger partial charge < -0.3 is 30.1 Å². The van der Waals surface area contributed by atoms with Gasteiger partial charge in [0.05, 0.1) is 20.1 Å². The average Bonchev–Trinajstić information content (AvgIpc) is 3.93. The summed E-state index contributed by atoms with van der Waals surface area (Å²) in [5.41, 5.74) is 3.43. The average molecular weight is 1030 g/mol. The Kier molecular flexibility index (Phi) is 20.3. The Morgan fingerprint density at radius 3 is 1.55 bits per heavy atom. The van der Waals surface area contributed by atoms with Crippen LogP contribution in [0.2, 0.25) is 20.1 Å². The number of hydrogen-bond donors (Lipinski definition) is 2. The molecule has 4 N–H and O–H groups in total. The highest BCUT2D eigenvalue weighted by Gasteiger charge is 2.32. The summed E-state index contributed by atoms with van der Waals surface area (Å²) < 4.78 is 12.2. The second kappa shape index (κ2) is 26.3. The third-order valence-corrected chi connectivity index (χ3v) is 14.5. The number of piperidine rings is 4. The van der Waals surface area contributed by atoms with E-state index < -0.39 is 0 Å². The number of carbonyl (C=O) groups is 3. The van der Waals surface area contributed by atoms with Crippen LogP contribution in [0.15, 0.2) is 84.9 Å². The van der Waals surface area contributed by atoms with Crippen LogP contribution in [0.5, 0.6) is 11.5 Å². The van der Waals surface area contributed by atoms with Crippen molar-refractivity contribution in [2.45, 2.75) is 82.6 Å². The molecule has 0 aliphatic carbocycles. The predicted octanol–water partition coefficient (Wildman–Crippen LogP) is 9.19. The van der Waals surface area contributed by atoms with Crippen LogP contribution in [-0.2, 0) is 0 Å². The highest BCUT2D eigenvalue weighted by Crippen LogP contribution is 2.31. The summed E-state index contributed by atoms with van der Waals surface area (Å²) in [4.78, 5) is 43.7. The second-order valence-corrected chi connectivity index (χ2v) is 19.1. The van der Waals surface area contributed by atoms with Crippen molar-refractivity contribution in [3.63, 3.8) is 0 Å². The molecule has 5 heterocycles. The highest BCUT2D eigenvalue weighted by atomic mass is 35.5. The number of halogens is 4. The fourth-order valence-corrected chi connectivity index (χ4v) is 9.68. The lowest BCUT2D eigenvalue weighted by atomic mass is 9.98. The minimum Gasteiger partial charge on any atom is -0.490 e. The quantitative estimate of drug-likeness (QED) is 0.135. The number of benzene rings is 4. The Hall–Kier alpha value is -5.00. The number of ether oxygens (including phenoxy) is 2. The van der Waals surface area contributed by atoms with E-state index in [0.29, 0.717) is 43.6 Å². The van der Waals surface area contributed by atoms with Crippen molar-refractivity contribution in [2.75, 3.05) is 59.4 Å². The molecule has 9 rings (SSSR count). The number of nitrogens with one attached hydrogen (secondary N) is 2. The standard InChI is InChI=1S/C24H26Cl2N6O2.C18H25Cl2N3O2.C8H8O.H2O.H2/c25-21-6-5-20(15-22(21)26)34-19-9-13-31(14-10-19)18-7-11-32(12-8-18)24(33)17-3-1-16(2-4-17)23-27-29-30-28-23;1-21-18(24)23-8-4-13(5-9-23)22-10-6-14(7-11-22)25-15-2-3-16(19)17(20)12-15;1-7-2-4-8(6-9)5-3-7;;/h1-6,15,18-19H,7-14H2,(H,27,28,29,30);2-3,12-14H,4-11H2,1H3,(H,21,24);2-6H,1H3;1H2;1H. The van der Waals surface area contributed by atoms with E-state index in [1.807, 2.05) is 77.4 Å². The smallest absolute Gasteiger partial charge is 0.317 e. The van der Waals surface area contributed by atoms with E-state index in [0.717, 1.165) is 133 Å². The maximum atomic E-state index is 13.0. The first-order chi connectivity index (χ1) is 33.0. The van der Waals surface area contributed by atoms with Crippen molar-refractivity contribution in [1.29, 1.82) is 0 Å². The van der Waals surface area contributed by atoms with Crippen LogP contribution in [0.3, 0.4) is 0 Å². The number of rotatable bonds is 9. The van der Waals surface area contributed by atoms with E-state index >= 15 is 0 Å². The third kappa shape index (κ3) is 15.2. The molecule has 0 radical (unpaired) electrons. The van der Waals surface area contributed by atoms with Gasteiger partial charge in [0.25, 0.3) is 5.91 Å². The van der Waals surface area contributed by atoms with Crippen molar-refractivity contribution in [2.24, 2.45) is 0 Å². The number of amides is 3. The summed E-state index contributed by atoms with van der Waals surface area (Å²) in [6.07, 6.45) is 9.31. The zero-order valence-corrected chi connectivity index (χ0v) is 42.0. The number of aromatic nitrogens is 4. The maximum absolute atomic E-state index is 13.0. The number of urea groups is 1. The van der Waals surface area contributed by atoms with E-state index in [9.17, 15) is 14.4 Å². The summed E-state index contributed by atoms with van der Waals surface area (Å²) in [6.45, 7) is 9.30. The fraction of sp³-hybridized carbons (Fsp3) is 0.440. The van der Waals surface area contributed by atoms with Gasteiger partial charge in [-0.3, -0.25) is 19.4 Å². The van der Waals surface area contributed by atoms with E-state index in [-0.39, 0.29) is 31.0 Å². The van der Waals surface area contributed by atoms with Gasteiger partial charge in [0, 0.05) is 102 Å². The van der Waals surface area contributed by atoms with Crippen molar-refractivity contribution in [1.82, 2.24) is 45.5 Å². The minimum atomic E-state index is 0. The van der Waals surface area contributed by atoms with Crippen LogP contribution in [-0.4, -0.2) is 148 Å². The molecule has 19 heteroatoms. The summed E-state index contributed by atoms with van der Waals surface area (Å²) in [6, 6.07) is 26.8. The van der Waals surface area contributed by atoms with Crippen LogP contribution in [0.25, 0.3) is 11.4 Å². The summed E-state index contributed by atoms with van der Waals surface area (Å²) >= 11 is 24.1. The van der Waals surface area contributed by atoms with E-state index in [4.69, 9.17) is 55.9 Å². The Labute approximate surface area is 425 Å². The van der Waals surface area contributed by atoms with Crippen LogP contribution in [0.1, 0.15) is 79.1 Å². The largest absolute Gasteiger partial charge is 0.490 e. The van der Waals surface area contributed by atoms with Gasteiger partial charge in [0.15, 0.2) is 0 Å². The van der Waals surface area contributed by atoms with Gasteiger partial charge in [0.2, 0.25) is 5.82 Å². The Bertz CT molecular complexity index is 2390. The predicted molar refractivity (Wildman–Crippen MR) is 273 cm³/mol. The minimum absolute atomic E-state index is 0. The van der Waals surface area contributed by atoms with Gasteiger partial charge in [-0.2, -0.15) is 5.21 Å². The molecule has 0 atom stereocenters. The molecule has 372 valence electrons. The van der Waals surface area contributed by atoms with Gasteiger partial charge in [-0.25, -0.2) is 4.79 Å². The number of H-pyrrole nitrogens is 1. The molecule has 4 aliphatic heterocycles. The molecule has 4 saturated heterocycles. The number of aldehydes is 1. The summed E-state index contributed by atoms with van der Waals surface area (Å²) in [7, 11) is 1.69. The fourth-order valence-electron chi connectivity index (χ4n) is 9.10. The molecule has 0 spiro atoms. The molecule has 15 nitrogen and oxygen atoms in total. The Morgan fingerprint density at radius 1 is 0.652 bits per heavy atom. The van der Waals surface area contributed by atoms with Crippen molar-refractivity contribution >= 4 is 64.6 Å². The molecular weight excluding hydrogens is 964 g/mol. The van der Waals surface area contributed by atoms with Crippen molar-refractivity contribution in [3.8, 4) is 22.9 Å². The van der Waals surface area contributed by atoms with Crippen LogP contribution in [0.4, 0.5) is 4.79 Å². The third-order valence-electron chi connectivity index (χ3n) is 13.0. The summed E-state index contributed by atoms with van der Waals surface area (Å²) in [5.74, 6) is 2.15. The molecule has 69 heavy (non-hydrogen) atoms. The lowest BCUT2D eigenvalue weighted by Crippen LogP contribution is -2.51.